The van der Waals surface area contributed by atoms with Crippen molar-refractivity contribution in [2.75, 3.05) is 0 Å². The van der Waals surface area contributed by atoms with Crippen LogP contribution in [-0.2, 0) is 0 Å². The van der Waals surface area contributed by atoms with Gasteiger partial charge in [-0.3, -0.25) is 4.79 Å². The van der Waals surface area contributed by atoms with E-state index in [0.29, 0.717) is 11.3 Å². The first-order valence-electron chi connectivity index (χ1n) is 5.09. The fraction of sp³-hybridized carbons (Fsp3) is 0.417. The number of aromatic hydroxyl groups is 2. The molecule has 16 heavy (non-hydrogen) atoms. The normalized spacial score (nSPS) is 17.8. The molecule has 0 radical (unpaired) electrons. The summed E-state index contributed by atoms with van der Waals surface area (Å²) in [4.78, 5) is 11.9. The van der Waals surface area contributed by atoms with Crippen LogP contribution in [0.25, 0.3) is 0 Å². The molecule has 4 heteroatoms. The third kappa shape index (κ3) is 1.50. The number of carbonyl (C=O) groups excluding carboxylic acids is 1. The predicted molar refractivity (Wildman–Crippen MR) is 58.2 cm³/mol. The summed E-state index contributed by atoms with van der Waals surface area (Å²) < 4.78 is 5.64. The maximum Gasteiger partial charge on any atom is 0.174 e. The first-order valence-corrected chi connectivity index (χ1v) is 5.09. The predicted octanol–water partition coefficient (Wildman–Crippen LogP) is 2.15. The molecule has 0 fully saturated rings. The SMILES string of the molecule is Cc1c(O)cc(O)c2c1OC(C)(C)CC2=O. The molecule has 2 N–H and O–H groups in total. The highest BCUT2D eigenvalue weighted by atomic mass is 16.5. The Morgan fingerprint density at radius 1 is 1.31 bits per heavy atom. The third-order valence-corrected chi connectivity index (χ3v) is 2.72. The molecule has 2 rings (SSSR count). The van der Waals surface area contributed by atoms with Crippen LogP contribution in [0.1, 0.15) is 36.2 Å². The molecule has 0 aliphatic carbocycles. The van der Waals surface area contributed by atoms with Gasteiger partial charge >= 0.3 is 0 Å². The Morgan fingerprint density at radius 2 is 1.94 bits per heavy atom. The highest BCUT2D eigenvalue weighted by Crippen LogP contribution is 2.43. The highest BCUT2D eigenvalue weighted by Gasteiger charge is 2.36. The van der Waals surface area contributed by atoms with Gasteiger partial charge in [-0.25, -0.2) is 0 Å². The fourth-order valence-electron chi connectivity index (χ4n) is 1.91. The molecule has 0 unspecified atom stereocenters. The second kappa shape index (κ2) is 3.14. The molecule has 1 aliphatic heterocycles. The lowest BCUT2D eigenvalue weighted by molar-refractivity contribution is 0.0608. The van der Waals surface area contributed by atoms with Crippen molar-refractivity contribution in [3.63, 3.8) is 0 Å². The van der Waals surface area contributed by atoms with Crippen molar-refractivity contribution in [1.82, 2.24) is 0 Å². The van der Waals surface area contributed by atoms with E-state index in [-0.39, 0.29) is 29.3 Å². The van der Waals surface area contributed by atoms with Gasteiger partial charge in [0, 0.05) is 11.6 Å². The average molecular weight is 222 g/mol. The van der Waals surface area contributed by atoms with Crippen LogP contribution in [0.5, 0.6) is 17.2 Å². The van der Waals surface area contributed by atoms with Gasteiger partial charge in [0.15, 0.2) is 5.78 Å². The quantitative estimate of drug-likeness (QED) is 0.705. The smallest absolute Gasteiger partial charge is 0.174 e. The zero-order chi connectivity index (χ0) is 12.1. The first-order chi connectivity index (χ1) is 7.32. The molecule has 1 aromatic carbocycles. The Labute approximate surface area is 93.5 Å². The van der Waals surface area contributed by atoms with Crippen molar-refractivity contribution in [3.8, 4) is 17.2 Å². The number of ether oxygens (including phenoxy) is 1. The van der Waals surface area contributed by atoms with Crippen LogP contribution in [0.2, 0.25) is 0 Å². The topological polar surface area (TPSA) is 66.8 Å². The summed E-state index contributed by atoms with van der Waals surface area (Å²) in [6, 6.07) is 1.17. The van der Waals surface area contributed by atoms with E-state index in [1.54, 1.807) is 20.8 Å². The fourth-order valence-corrected chi connectivity index (χ4v) is 1.91. The van der Waals surface area contributed by atoms with Gasteiger partial charge in [-0.1, -0.05) is 0 Å². The summed E-state index contributed by atoms with van der Waals surface area (Å²) in [6.45, 7) is 5.25. The summed E-state index contributed by atoms with van der Waals surface area (Å²) >= 11 is 0. The molecule has 0 saturated carbocycles. The van der Waals surface area contributed by atoms with Crippen molar-refractivity contribution < 1.29 is 19.7 Å². The largest absolute Gasteiger partial charge is 0.507 e. The molecule has 0 spiro atoms. The molecule has 0 atom stereocenters. The lowest BCUT2D eigenvalue weighted by Crippen LogP contribution is -2.36. The van der Waals surface area contributed by atoms with Crippen LogP contribution >= 0.6 is 0 Å². The van der Waals surface area contributed by atoms with Crippen molar-refractivity contribution in [2.24, 2.45) is 0 Å². The van der Waals surface area contributed by atoms with Gasteiger partial charge in [0.2, 0.25) is 0 Å². The Morgan fingerprint density at radius 3 is 2.56 bits per heavy atom. The van der Waals surface area contributed by atoms with Gasteiger partial charge in [0.25, 0.3) is 0 Å². The standard InChI is InChI=1S/C12H14O4/c1-6-7(13)4-8(14)10-9(15)5-12(2,3)16-11(6)10/h4,13-14H,5H2,1-3H3. The molecule has 1 aliphatic rings. The molecule has 1 heterocycles. The summed E-state index contributed by atoms with van der Waals surface area (Å²) in [5.41, 5.74) is 0.0540. The summed E-state index contributed by atoms with van der Waals surface area (Å²) in [6.07, 6.45) is 0.220. The Balaban J connectivity index is 2.70. The monoisotopic (exact) mass is 222 g/mol. The van der Waals surface area contributed by atoms with Gasteiger partial charge in [-0.15, -0.1) is 0 Å². The minimum absolute atomic E-state index is 0.0678. The van der Waals surface area contributed by atoms with E-state index in [9.17, 15) is 15.0 Å². The molecule has 0 bridgehead atoms. The number of rotatable bonds is 0. The van der Waals surface area contributed by atoms with Crippen molar-refractivity contribution in [3.05, 3.63) is 17.2 Å². The molecule has 86 valence electrons. The average Bonchev–Trinajstić information content (AvgIpc) is 2.11. The number of ketones is 1. The number of phenols is 2. The molecule has 0 amide bonds. The van der Waals surface area contributed by atoms with E-state index in [1.165, 1.54) is 6.07 Å². The zero-order valence-corrected chi connectivity index (χ0v) is 9.50. The minimum Gasteiger partial charge on any atom is -0.507 e. The van der Waals surface area contributed by atoms with Gasteiger partial charge < -0.3 is 14.9 Å². The van der Waals surface area contributed by atoms with Crippen LogP contribution < -0.4 is 4.74 Å². The lowest BCUT2D eigenvalue weighted by Gasteiger charge is -2.32. The number of benzene rings is 1. The second-order valence-corrected chi connectivity index (χ2v) is 4.71. The van der Waals surface area contributed by atoms with E-state index in [2.05, 4.69) is 0 Å². The Bertz CT molecular complexity index is 474. The second-order valence-electron chi connectivity index (χ2n) is 4.71. The van der Waals surface area contributed by atoms with Crippen LogP contribution in [0.3, 0.4) is 0 Å². The van der Waals surface area contributed by atoms with E-state index >= 15 is 0 Å². The number of Topliss-reactive ketones (excluding diaryl/α,β-unsaturated/α-hetero) is 1. The zero-order valence-electron chi connectivity index (χ0n) is 9.50. The van der Waals surface area contributed by atoms with Crippen molar-refractivity contribution >= 4 is 5.78 Å². The number of phenolic OH excluding ortho intramolecular Hbond substituents is 2. The van der Waals surface area contributed by atoms with Crippen molar-refractivity contribution in [1.29, 1.82) is 0 Å². The number of fused-ring (bicyclic) bond motifs is 1. The third-order valence-electron chi connectivity index (χ3n) is 2.72. The van der Waals surface area contributed by atoms with Gasteiger partial charge in [-0.05, 0) is 20.8 Å². The van der Waals surface area contributed by atoms with E-state index in [1.807, 2.05) is 0 Å². The highest BCUT2D eigenvalue weighted by molar-refractivity contribution is 6.03. The molecular formula is C12H14O4. The van der Waals surface area contributed by atoms with Crippen LogP contribution in [0, 0.1) is 6.92 Å². The summed E-state index contributed by atoms with van der Waals surface area (Å²) in [5.74, 6) is -0.161. The number of carbonyl (C=O) groups is 1. The van der Waals surface area contributed by atoms with Gasteiger partial charge in [-0.2, -0.15) is 0 Å². The number of hydrogen-bond donors (Lipinski definition) is 2. The molecule has 4 nitrogen and oxygen atoms in total. The van der Waals surface area contributed by atoms with Crippen molar-refractivity contribution in [2.45, 2.75) is 32.8 Å². The van der Waals surface area contributed by atoms with Crippen LogP contribution in [0.15, 0.2) is 6.07 Å². The van der Waals surface area contributed by atoms with E-state index in [0.717, 1.165) is 0 Å². The molecule has 0 aromatic heterocycles. The maximum atomic E-state index is 11.9. The molecular weight excluding hydrogens is 208 g/mol. The van der Waals surface area contributed by atoms with Gasteiger partial charge in [0.05, 0.1) is 6.42 Å². The van der Waals surface area contributed by atoms with Crippen LogP contribution in [-0.4, -0.2) is 21.6 Å². The molecule has 1 aromatic rings. The summed E-state index contributed by atoms with van der Waals surface area (Å²) in [5, 5.41) is 19.2. The first kappa shape index (κ1) is 10.8. The molecule has 0 saturated heterocycles. The maximum absolute atomic E-state index is 11.9. The van der Waals surface area contributed by atoms with E-state index < -0.39 is 5.60 Å². The Hall–Kier alpha value is -1.71. The Kier molecular flexibility index (Phi) is 2.12. The summed E-state index contributed by atoms with van der Waals surface area (Å²) in [7, 11) is 0. The lowest BCUT2D eigenvalue weighted by atomic mass is 9.91. The number of hydrogen-bond acceptors (Lipinski definition) is 4. The minimum atomic E-state index is -0.602. The van der Waals surface area contributed by atoms with Crippen LogP contribution in [0.4, 0.5) is 0 Å². The van der Waals surface area contributed by atoms with E-state index in [4.69, 9.17) is 4.74 Å². The van der Waals surface area contributed by atoms with Gasteiger partial charge in [0.1, 0.15) is 28.4 Å².